The van der Waals surface area contributed by atoms with Gasteiger partial charge in [-0.1, -0.05) is 0 Å². The Labute approximate surface area is 156 Å². The fourth-order valence-electron chi connectivity index (χ4n) is 3.64. The first kappa shape index (κ1) is 17.2. The number of pyridine rings is 1. The summed E-state index contributed by atoms with van der Waals surface area (Å²) in [6.45, 7) is 4.49. The highest BCUT2D eigenvalue weighted by molar-refractivity contribution is 7.15. The second-order valence-electron chi connectivity index (χ2n) is 6.95. The van der Waals surface area contributed by atoms with Gasteiger partial charge in [0, 0.05) is 55.9 Å². The van der Waals surface area contributed by atoms with Crippen LogP contribution in [0.15, 0.2) is 30.6 Å². The highest BCUT2D eigenvalue weighted by atomic mass is 32.1. The lowest BCUT2D eigenvalue weighted by Crippen LogP contribution is -2.33. The van der Waals surface area contributed by atoms with Crippen LogP contribution < -0.4 is 5.32 Å². The van der Waals surface area contributed by atoms with Crippen LogP contribution in [0.4, 0.5) is 5.13 Å². The van der Waals surface area contributed by atoms with E-state index in [1.54, 1.807) is 11.3 Å². The summed E-state index contributed by atoms with van der Waals surface area (Å²) in [7, 11) is 2.05. The van der Waals surface area contributed by atoms with Crippen molar-refractivity contribution in [3.8, 4) is 0 Å². The molecule has 7 heteroatoms. The van der Waals surface area contributed by atoms with E-state index in [-0.39, 0.29) is 5.91 Å². The molecule has 1 N–H and O–H groups in total. The number of piperidine rings is 1. The molecule has 0 spiro atoms. The molecule has 136 valence electrons. The average Bonchev–Trinajstić information content (AvgIpc) is 3.21. The smallest absolute Gasteiger partial charge is 0.223 e. The highest BCUT2D eigenvalue weighted by Crippen LogP contribution is 2.29. The topological polar surface area (TPSA) is 63.1 Å². The number of anilines is 1. The quantitative estimate of drug-likeness (QED) is 0.766. The molecule has 0 radical (unpaired) electrons. The SMILES string of the molecule is CC(=O)Nc1ncc(CN2CCCC(c3ccc4c(ccn4C)n3)C2)s1. The Morgan fingerprint density at radius 2 is 2.27 bits per heavy atom. The number of amides is 1. The summed E-state index contributed by atoms with van der Waals surface area (Å²) in [4.78, 5) is 24.0. The zero-order valence-electron chi connectivity index (χ0n) is 15.1. The van der Waals surface area contributed by atoms with Crippen LogP contribution in [-0.4, -0.2) is 38.4 Å². The van der Waals surface area contributed by atoms with Gasteiger partial charge in [-0.3, -0.25) is 14.7 Å². The van der Waals surface area contributed by atoms with Crippen LogP contribution in [0.2, 0.25) is 0 Å². The molecular formula is C19H23N5OS. The molecule has 3 aromatic rings. The molecular weight excluding hydrogens is 346 g/mol. The van der Waals surface area contributed by atoms with Crippen molar-refractivity contribution in [3.63, 3.8) is 0 Å². The number of nitrogens with one attached hydrogen (secondary N) is 1. The van der Waals surface area contributed by atoms with E-state index in [4.69, 9.17) is 4.98 Å². The monoisotopic (exact) mass is 369 g/mol. The highest BCUT2D eigenvalue weighted by Gasteiger charge is 2.23. The first-order chi connectivity index (χ1) is 12.6. The van der Waals surface area contributed by atoms with Crippen molar-refractivity contribution in [2.24, 2.45) is 7.05 Å². The van der Waals surface area contributed by atoms with Gasteiger partial charge in [-0.2, -0.15) is 0 Å². The number of carbonyl (C=O) groups excluding carboxylic acids is 1. The fourth-order valence-corrected chi connectivity index (χ4v) is 4.55. The number of nitrogens with zero attached hydrogens (tertiary/aromatic N) is 4. The second kappa shape index (κ2) is 7.17. The fraction of sp³-hybridized carbons (Fsp3) is 0.421. The van der Waals surface area contributed by atoms with Crippen molar-refractivity contribution in [2.75, 3.05) is 18.4 Å². The first-order valence-corrected chi connectivity index (χ1v) is 9.77. The van der Waals surface area contributed by atoms with Crippen LogP contribution in [0.25, 0.3) is 11.0 Å². The predicted molar refractivity (Wildman–Crippen MR) is 104 cm³/mol. The molecule has 0 aliphatic carbocycles. The van der Waals surface area contributed by atoms with Crippen molar-refractivity contribution in [3.05, 3.63) is 41.2 Å². The number of thiazole rings is 1. The molecule has 1 saturated heterocycles. The van der Waals surface area contributed by atoms with Gasteiger partial charge < -0.3 is 9.88 Å². The van der Waals surface area contributed by atoms with Crippen LogP contribution in [0.5, 0.6) is 0 Å². The Bertz CT molecular complexity index is 931. The minimum Gasteiger partial charge on any atom is -0.349 e. The van der Waals surface area contributed by atoms with E-state index in [0.29, 0.717) is 11.0 Å². The van der Waals surface area contributed by atoms with E-state index < -0.39 is 0 Å². The number of hydrogen-bond donors (Lipinski definition) is 1. The van der Waals surface area contributed by atoms with Gasteiger partial charge in [0.2, 0.25) is 5.91 Å². The third kappa shape index (κ3) is 3.64. The molecule has 1 amide bonds. The van der Waals surface area contributed by atoms with E-state index in [1.165, 1.54) is 35.9 Å². The summed E-state index contributed by atoms with van der Waals surface area (Å²) in [5.41, 5.74) is 3.44. The molecule has 1 aliphatic rings. The van der Waals surface area contributed by atoms with Crippen LogP contribution in [0.1, 0.15) is 36.3 Å². The summed E-state index contributed by atoms with van der Waals surface area (Å²) >= 11 is 1.55. The normalized spacial score (nSPS) is 18.3. The van der Waals surface area contributed by atoms with Crippen molar-refractivity contribution < 1.29 is 4.79 Å². The largest absolute Gasteiger partial charge is 0.349 e. The lowest BCUT2D eigenvalue weighted by Gasteiger charge is -2.32. The summed E-state index contributed by atoms with van der Waals surface area (Å²) in [6, 6.07) is 6.44. The summed E-state index contributed by atoms with van der Waals surface area (Å²) in [6.07, 6.45) is 6.29. The number of aromatic nitrogens is 3. The minimum atomic E-state index is -0.0775. The number of likely N-dealkylation sites (tertiary alicyclic amines) is 1. The van der Waals surface area contributed by atoms with Gasteiger partial charge in [0.15, 0.2) is 5.13 Å². The van der Waals surface area contributed by atoms with Gasteiger partial charge in [0.1, 0.15) is 0 Å². The Morgan fingerprint density at radius 3 is 3.12 bits per heavy atom. The third-order valence-corrected chi connectivity index (χ3v) is 5.80. The molecule has 1 fully saturated rings. The van der Waals surface area contributed by atoms with Crippen molar-refractivity contribution in [1.82, 2.24) is 19.4 Å². The van der Waals surface area contributed by atoms with Gasteiger partial charge in [-0.05, 0) is 37.6 Å². The number of hydrogen-bond acceptors (Lipinski definition) is 5. The van der Waals surface area contributed by atoms with Crippen LogP contribution in [0, 0.1) is 0 Å². The van der Waals surface area contributed by atoms with Gasteiger partial charge in [0.05, 0.1) is 11.0 Å². The molecule has 1 aliphatic heterocycles. The van der Waals surface area contributed by atoms with E-state index in [0.717, 1.165) is 25.2 Å². The van der Waals surface area contributed by atoms with E-state index in [1.807, 2.05) is 6.20 Å². The lowest BCUT2D eigenvalue weighted by molar-refractivity contribution is -0.114. The molecule has 1 unspecified atom stereocenters. The Hall–Kier alpha value is -2.25. The molecule has 0 saturated carbocycles. The molecule has 4 heterocycles. The maximum absolute atomic E-state index is 11.1. The van der Waals surface area contributed by atoms with Crippen LogP contribution in [0.3, 0.4) is 0 Å². The van der Waals surface area contributed by atoms with Gasteiger partial charge in [0.25, 0.3) is 0 Å². The van der Waals surface area contributed by atoms with E-state index in [2.05, 4.69) is 51.2 Å². The molecule has 4 rings (SSSR count). The van der Waals surface area contributed by atoms with E-state index >= 15 is 0 Å². The average molecular weight is 369 g/mol. The summed E-state index contributed by atoms with van der Waals surface area (Å²) in [5, 5.41) is 3.43. The zero-order valence-corrected chi connectivity index (χ0v) is 15.9. The zero-order chi connectivity index (χ0) is 18.1. The van der Waals surface area contributed by atoms with Crippen molar-refractivity contribution in [1.29, 1.82) is 0 Å². The molecule has 1 atom stereocenters. The van der Waals surface area contributed by atoms with Gasteiger partial charge in [-0.25, -0.2) is 4.98 Å². The maximum Gasteiger partial charge on any atom is 0.223 e. The predicted octanol–water partition coefficient (Wildman–Crippen LogP) is 3.37. The van der Waals surface area contributed by atoms with Gasteiger partial charge in [-0.15, -0.1) is 11.3 Å². The van der Waals surface area contributed by atoms with Crippen LogP contribution >= 0.6 is 11.3 Å². The summed E-state index contributed by atoms with van der Waals surface area (Å²) in [5.74, 6) is 0.391. The minimum absolute atomic E-state index is 0.0775. The Balaban J connectivity index is 1.44. The summed E-state index contributed by atoms with van der Waals surface area (Å²) < 4.78 is 2.11. The van der Waals surface area contributed by atoms with Crippen molar-refractivity contribution in [2.45, 2.75) is 32.2 Å². The first-order valence-electron chi connectivity index (χ1n) is 8.95. The number of fused-ring (bicyclic) bond motifs is 1. The number of carbonyl (C=O) groups is 1. The third-order valence-electron chi connectivity index (χ3n) is 4.90. The lowest BCUT2D eigenvalue weighted by atomic mass is 9.94. The van der Waals surface area contributed by atoms with Crippen molar-refractivity contribution >= 4 is 33.4 Å². The number of rotatable bonds is 4. The molecule has 3 aromatic heterocycles. The maximum atomic E-state index is 11.1. The second-order valence-corrected chi connectivity index (χ2v) is 8.07. The Kier molecular flexibility index (Phi) is 4.74. The molecule has 26 heavy (non-hydrogen) atoms. The number of aryl methyl sites for hydroxylation is 1. The molecule has 0 aromatic carbocycles. The molecule has 6 nitrogen and oxygen atoms in total. The van der Waals surface area contributed by atoms with Crippen LogP contribution in [-0.2, 0) is 18.4 Å². The standard InChI is InChI=1S/C19H23N5OS/c1-13(25)21-19-20-10-15(26-19)12-24-8-3-4-14(11-24)16-5-6-18-17(22-16)7-9-23(18)2/h5-7,9-10,14H,3-4,8,11-12H2,1-2H3,(H,20,21,25). The Morgan fingerprint density at radius 1 is 1.38 bits per heavy atom. The van der Waals surface area contributed by atoms with E-state index in [9.17, 15) is 4.79 Å². The van der Waals surface area contributed by atoms with Gasteiger partial charge >= 0.3 is 0 Å². The molecule has 0 bridgehead atoms.